The first kappa shape index (κ1) is 26.6. The van der Waals surface area contributed by atoms with Gasteiger partial charge in [-0.3, -0.25) is 0 Å². The van der Waals surface area contributed by atoms with Crippen molar-refractivity contribution >= 4 is 39.2 Å². The molecule has 0 N–H and O–H groups in total. The van der Waals surface area contributed by atoms with Crippen molar-refractivity contribution in [2.24, 2.45) is 0 Å². The van der Waals surface area contributed by atoms with Gasteiger partial charge in [0.15, 0.2) is 0 Å². The van der Waals surface area contributed by atoms with Crippen molar-refractivity contribution in [1.82, 2.24) is 4.98 Å². The molecule has 0 amide bonds. The van der Waals surface area contributed by atoms with E-state index in [2.05, 4.69) is 175 Å². The molecule has 0 unspecified atom stereocenters. The Morgan fingerprint density at radius 1 is 0.435 bits per heavy atom. The average Bonchev–Trinajstić information content (AvgIpc) is 3.70. The number of hydrogen-bond acceptors (Lipinski definition) is 3. The van der Waals surface area contributed by atoms with Gasteiger partial charge in [-0.15, -0.1) is 11.3 Å². The van der Waals surface area contributed by atoms with Gasteiger partial charge < -0.3 is 4.90 Å². The second kappa shape index (κ2) is 11.0. The summed E-state index contributed by atoms with van der Waals surface area (Å²) in [5.74, 6) is 0. The number of rotatable bonds is 6. The number of benzene rings is 7. The largest absolute Gasteiger partial charge is 0.310 e. The van der Waals surface area contributed by atoms with Gasteiger partial charge in [0.25, 0.3) is 0 Å². The van der Waals surface area contributed by atoms with E-state index in [1.165, 1.54) is 49.0 Å². The second-order valence-electron chi connectivity index (χ2n) is 11.6. The van der Waals surface area contributed by atoms with E-state index < -0.39 is 0 Å². The van der Waals surface area contributed by atoms with Gasteiger partial charge in [-0.05, 0) is 52.6 Å². The highest BCUT2D eigenvalue weighted by atomic mass is 32.1. The normalized spacial score (nSPS) is 11.5. The minimum Gasteiger partial charge on any atom is -0.310 e. The van der Waals surface area contributed by atoms with Crippen molar-refractivity contribution in [2.45, 2.75) is 0 Å². The molecule has 1 heterocycles. The highest BCUT2D eigenvalue weighted by Gasteiger charge is 2.28. The van der Waals surface area contributed by atoms with Crippen molar-refractivity contribution in [1.29, 1.82) is 0 Å². The summed E-state index contributed by atoms with van der Waals surface area (Å²) in [6, 6.07) is 60.7. The van der Waals surface area contributed by atoms with E-state index in [9.17, 15) is 0 Å². The molecule has 9 rings (SSSR count). The molecule has 0 saturated heterocycles. The van der Waals surface area contributed by atoms with Gasteiger partial charge in [0.2, 0.25) is 0 Å². The van der Waals surface area contributed by atoms with Crippen molar-refractivity contribution in [3.63, 3.8) is 0 Å². The summed E-state index contributed by atoms with van der Waals surface area (Å²) in [4.78, 5) is 8.83. The third-order valence-electron chi connectivity index (χ3n) is 8.85. The SMILES string of the molecule is c1ccc(-c2ccc(N(c3cccc(-c4ccccc4)c3)c3ccc4c5c(cccc35)-c3sc(-c5ccccc5)nc3-4)cc2)cc1. The maximum absolute atomic E-state index is 5.18. The second-order valence-corrected chi connectivity index (χ2v) is 12.6. The molecular weight excluding hydrogens is 577 g/mol. The Labute approximate surface area is 272 Å². The zero-order valence-electron chi connectivity index (χ0n) is 25.0. The highest BCUT2D eigenvalue weighted by Crippen LogP contribution is 2.54. The minimum absolute atomic E-state index is 1.06. The number of fused-ring (bicyclic) bond motifs is 3. The quantitative estimate of drug-likeness (QED) is 0.188. The Balaban J connectivity index is 1.21. The summed E-state index contributed by atoms with van der Waals surface area (Å²) in [6.45, 7) is 0. The van der Waals surface area contributed by atoms with Crippen LogP contribution in [0.1, 0.15) is 0 Å². The molecule has 7 aromatic carbocycles. The molecule has 0 atom stereocenters. The van der Waals surface area contributed by atoms with E-state index in [1.807, 2.05) is 0 Å². The van der Waals surface area contributed by atoms with Gasteiger partial charge in [0.1, 0.15) is 5.01 Å². The summed E-state index contributed by atoms with van der Waals surface area (Å²) in [5.41, 5.74) is 12.9. The lowest BCUT2D eigenvalue weighted by Gasteiger charge is -2.28. The number of nitrogens with zero attached hydrogens (tertiary/aromatic N) is 2. The number of hydrogen-bond donors (Lipinski definition) is 0. The van der Waals surface area contributed by atoms with Crippen LogP contribution in [0.3, 0.4) is 0 Å². The van der Waals surface area contributed by atoms with Crippen LogP contribution in [0.15, 0.2) is 170 Å². The summed E-state index contributed by atoms with van der Waals surface area (Å²) in [5, 5.41) is 3.56. The first-order valence-corrected chi connectivity index (χ1v) is 16.4. The molecule has 0 radical (unpaired) electrons. The number of thiazole rings is 1. The molecule has 0 fully saturated rings. The summed E-state index contributed by atoms with van der Waals surface area (Å²) in [7, 11) is 0. The smallest absolute Gasteiger partial charge is 0.124 e. The van der Waals surface area contributed by atoms with E-state index in [4.69, 9.17) is 4.98 Å². The topological polar surface area (TPSA) is 16.1 Å². The summed E-state index contributed by atoms with van der Waals surface area (Å²) in [6.07, 6.45) is 0. The molecule has 0 aliphatic heterocycles. The average molecular weight is 605 g/mol. The molecule has 1 aliphatic rings. The van der Waals surface area contributed by atoms with Crippen molar-refractivity contribution in [2.75, 3.05) is 4.90 Å². The molecule has 2 nitrogen and oxygen atoms in total. The van der Waals surface area contributed by atoms with Crippen LogP contribution in [-0.4, -0.2) is 4.98 Å². The van der Waals surface area contributed by atoms with Crippen LogP contribution >= 0.6 is 11.3 Å². The first-order chi connectivity index (χ1) is 22.8. The molecule has 8 aromatic rings. The van der Waals surface area contributed by atoms with Gasteiger partial charge in [0.05, 0.1) is 16.3 Å². The Bertz CT molecular complexity index is 2310. The maximum atomic E-state index is 5.18. The Kier molecular flexibility index (Phi) is 6.36. The lowest BCUT2D eigenvalue weighted by Crippen LogP contribution is -2.10. The monoisotopic (exact) mass is 604 g/mol. The standard InChI is InChI=1S/C43H28N2S/c1-4-12-29(13-5-1)31-22-24-34(25-23-31)45(35-19-10-18-33(28-35)30-14-6-2-7-15-30)39-27-26-37-40-36(39)20-11-21-38(40)42-41(37)44-43(46-42)32-16-8-3-9-17-32/h1-28H. The van der Waals surface area contributed by atoms with Gasteiger partial charge >= 0.3 is 0 Å². The van der Waals surface area contributed by atoms with Gasteiger partial charge in [-0.25, -0.2) is 4.98 Å². The van der Waals surface area contributed by atoms with E-state index in [0.717, 1.165) is 33.3 Å². The van der Waals surface area contributed by atoms with E-state index >= 15 is 0 Å². The maximum Gasteiger partial charge on any atom is 0.124 e. The number of anilines is 3. The van der Waals surface area contributed by atoms with Crippen molar-refractivity contribution in [3.05, 3.63) is 170 Å². The molecule has 216 valence electrons. The molecular formula is C43H28N2S. The van der Waals surface area contributed by atoms with Gasteiger partial charge in [-0.2, -0.15) is 0 Å². The van der Waals surface area contributed by atoms with Crippen LogP contribution in [0.2, 0.25) is 0 Å². The molecule has 1 aliphatic carbocycles. The van der Waals surface area contributed by atoms with Crippen LogP contribution < -0.4 is 4.90 Å². The predicted octanol–water partition coefficient (Wildman–Crippen LogP) is 12.4. The van der Waals surface area contributed by atoms with E-state index in [1.54, 1.807) is 11.3 Å². The van der Waals surface area contributed by atoms with E-state index in [-0.39, 0.29) is 0 Å². The van der Waals surface area contributed by atoms with Gasteiger partial charge in [0, 0.05) is 38.8 Å². The molecule has 1 aromatic heterocycles. The van der Waals surface area contributed by atoms with Gasteiger partial charge in [-0.1, -0.05) is 140 Å². The third-order valence-corrected chi connectivity index (χ3v) is 9.99. The Morgan fingerprint density at radius 2 is 1.04 bits per heavy atom. The zero-order valence-corrected chi connectivity index (χ0v) is 25.8. The first-order valence-electron chi connectivity index (χ1n) is 15.6. The molecule has 46 heavy (non-hydrogen) atoms. The fraction of sp³-hybridized carbons (Fsp3) is 0. The predicted molar refractivity (Wildman–Crippen MR) is 195 cm³/mol. The molecule has 0 saturated carbocycles. The lowest BCUT2D eigenvalue weighted by atomic mass is 9.99. The minimum atomic E-state index is 1.06. The van der Waals surface area contributed by atoms with Crippen LogP contribution in [0, 0.1) is 0 Å². The summed E-state index contributed by atoms with van der Waals surface area (Å²) >= 11 is 1.79. The molecule has 0 spiro atoms. The van der Waals surface area contributed by atoms with Crippen molar-refractivity contribution in [3.8, 4) is 54.5 Å². The number of aromatic nitrogens is 1. The third kappa shape index (κ3) is 4.44. The van der Waals surface area contributed by atoms with Crippen LogP contribution in [0.4, 0.5) is 17.1 Å². The van der Waals surface area contributed by atoms with Crippen LogP contribution in [0.25, 0.3) is 65.3 Å². The molecule has 0 bridgehead atoms. The van der Waals surface area contributed by atoms with Crippen LogP contribution in [0.5, 0.6) is 0 Å². The van der Waals surface area contributed by atoms with Crippen LogP contribution in [-0.2, 0) is 0 Å². The molecule has 3 heteroatoms. The fourth-order valence-electron chi connectivity index (χ4n) is 6.68. The highest BCUT2D eigenvalue weighted by molar-refractivity contribution is 7.19. The Hall–Kier alpha value is -5.77. The fourth-order valence-corrected chi connectivity index (χ4v) is 7.79. The zero-order chi connectivity index (χ0) is 30.5. The lowest BCUT2D eigenvalue weighted by molar-refractivity contribution is 1.30. The van der Waals surface area contributed by atoms with E-state index in [0.29, 0.717) is 0 Å². The summed E-state index contributed by atoms with van der Waals surface area (Å²) < 4.78 is 0. The van der Waals surface area contributed by atoms with Crippen molar-refractivity contribution < 1.29 is 0 Å². The Morgan fingerprint density at radius 3 is 1.76 bits per heavy atom.